The van der Waals surface area contributed by atoms with Crippen LogP contribution in [0.1, 0.15) is 17.3 Å². The Morgan fingerprint density at radius 3 is 2.44 bits per heavy atom. The largest absolute Gasteiger partial charge is 0.352 e. The Hall–Kier alpha value is -2.09. The minimum absolute atomic E-state index is 0. The van der Waals surface area contributed by atoms with Crippen LogP contribution in [0.15, 0.2) is 59.5 Å². The summed E-state index contributed by atoms with van der Waals surface area (Å²) in [7, 11) is -3.74. The maximum absolute atomic E-state index is 13.0. The molecule has 0 radical (unpaired) electrons. The van der Waals surface area contributed by atoms with E-state index in [1.165, 1.54) is 16.4 Å². The van der Waals surface area contributed by atoms with Crippen molar-refractivity contribution in [3.63, 3.8) is 0 Å². The highest BCUT2D eigenvalue weighted by molar-refractivity contribution is 7.92. The predicted molar refractivity (Wildman–Crippen MR) is 109 cm³/mol. The van der Waals surface area contributed by atoms with E-state index in [9.17, 15) is 13.2 Å². The average Bonchev–Trinajstić information content (AvgIpc) is 2.61. The first-order valence-electron chi connectivity index (χ1n) is 8.69. The van der Waals surface area contributed by atoms with Gasteiger partial charge in [0.1, 0.15) is 0 Å². The number of anilines is 1. The third-order valence-electron chi connectivity index (χ3n) is 4.43. The number of hydrogen-bond donors (Lipinski definition) is 2. The van der Waals surface area contributed by atoms with Gasteiger partial charge in [-0.2, -0.15) is 0 Å². The molecule has 2 N–H and O–H groups in total. The molecule has 1 fully saturated rings. The summed E-state index contributed by atoms with van der Waals surface area (Å²) >= 11 is 0. The number of amides is 1. The summed E-state index contributed by atoms with van der Waals surface area (Å²) in [6, 6.07) is 15.1. The second-order valence-corrected chi connectivity index (χ2v) is 8.13. The van der Waals surface area contributed by atoms with Gasteiger partial charge in [-0.3, -0.25) is 9.10 Å². The third-order valence-corrected chi connectivity index (χ3v) is 6.33. The second kappa shape index (κ2) is 9.21. The van der Waals surface area contributed by atoms with E-state index in [0.29, 0.717) is 30.3 Å². The smallest absolute Gasteiger partial charge is 0.264 e. The van der Waals surface area contributed by atoms with Gasteiger partial charge in [0.05, 0.1) is 10.6 Å². The summed E-state index contributed by atoms with van der Waals surface area (Å²) in [5.74, 6) is 0.191. The van der Waals surface area contributed by atoms with E-state index in [1.54, 1.807) is 43.3 Å². The fourth-order valence-corrected chi connectivity index (χ4v) is 4.36. The highest BCUT2D eigenvalue weighted by atomic mass is 35.5. The number of halogens is 1. The summed E-state index contributed by atoms with van der Waals surface area (Å²) in [5.41, 5.74) is 0.949. The van der Waals surface area contributed by atoms with Gasteiger partial charge in [-0.25, -0.2) is 8.42 Å². The third kappa shape index (κ3) is 4.80. The molecule has 146 valence electrons. The molecule has 1 aliphatic heterocycles. The van der Waals surface area contributed by atoms with Gasteiger partial charge in [0.2, 0.25) is 0 Å². The fraction of sp³-hybridized carbons (Fsp3) is 0.316. The first-order valence-corrected chi connectivity index (χ1v) is 10.1. The molecule has 1 saturated heterocycles. The number of nitrogens with one attached hydrogen (secondary N) is 2. The van der Waals surface area contributed by atoms with E-state index in [2.05, 4.69) is 10.6 Å². The van der Waals surface area contributed by atoms with Gasteiger partial charge in [0.25, 0.3) is 15.9 Å². The zero-order valence-corrected chi connectivity index (χ0v) is 16.7. The van der Waals surface area contributed by atoms with Crippen LogP contribution < -0.4 is 14.9 Å². The van der Waals surface area contributed by atoms with Crippen LogP contribution in [0.25, 0.3) is 0 Å². The number of hydrogen-bond acceptors (Lipinski definition) is 4. The van der Waals surface area contributed by atoms with E-state index in [-0.39, 0.29) is 23.2 Å². The zero-order chi connectivity index (χ0) is 18.6. The van der Waals surface area contributed by atoms with E-state index in [0.717, 1.165) is 13.1 Å². The normalized spacial score (nSPS) is 14.0. The Labute approximate surface area is 166 Å². The molecular formula is C19H24ClN3O3S. The molecule has 1 aliphatic rings. The highest BCUT2D eigenvalue weighted by Crippen LogP contribution is 2.23. The summed E-state index contributed by atoms with van der Waals surface area (Å²) in [6.45, 7) is 4.48. The number of carbonyl (C=O) groups excluding carboxylic acids is 1. The van der Waals surface area contributed by atoms with Gasteiger partial charge in [0, 0.05) is 37.7 Å². The number of benzene rings is 2. The molecule has 0 saturated carbocycles. The van der Waals surface area contributed by atoms with Crippen LogP contribution in [0.3, 0.4) is 0 Å². The maximum Gasteiger partial charge on any atom is 0.264 e. The number of nitrogens with zero attached hydrogens (tertiary/aromatic N) is 1. The molecule has 6 nitrogen and oxygen atoms in total. The van der Waals surface area contributed by atoms with Gasteiger partial charge < -0.3 is 10.6 Å². The SMILES string of the molecule is CCN(c1ccccc1)S(=O)(=O)c1cccc(C(=O)NCC2CNC2)c1.Cl. The van der Waals surface area contributed by atoms with E-state index < -0.39 is 10.0 Å². The van der Waals surface area contributed by atoms with Crippen molar-refractivity contribution in [2.24, 2.45) is 5.92 Å². The molecule has 8 heteroatoms. The second-order valence-electron chi connectivity index (χ2n) is 6.27. The molecule has 2 aromatic carbocycles. The van der Waals surface area contributed by atoms with Crippen LogP contribution in [0.4, 0.5) is 5.69 Å². The van der Waals surface area contributed by atoms with Crippen LogP contribution in [0.5, 0.6) is 0 Å². The Balaban J connectivity index is 0.00000261. The molecule has 1 heterocycles. The van der Waals surface area contributed by atoms with E-state index in [1.807, 2.05) is 6.07 Å². The van der Waals surface area contributed by atoms with Crippen molar-refractivity contribution >= 4 is 34.0 Å². The predicted octanol–water partition coefficient (Wildman–Crippen LogP) is 2.27. The Morgan fingerprint density at radius 1 is 1.15 bits per heavy atom. The van der Waals surface area contributed by atoms with Crippen molar-refractivity contribution in [2.75, 3.05) is 30.5 Å². The van der Waals surface area contributed by atoms with Crippen LogP contribution in [0, 0.1) is 5.92 Å². The maximum atomic E-state index is 13.0. The fourth-order valence-electron chi connectivity index (χ4n) is 2.84. The van der Waals surface area contributed by atoms with Crippen LogP contribution >= 0.6 is 12.4 Å². The zero-order valence-electron chi connectivity index (χ0n) is 15.1. The molecule has 0 bridgehead atoms. The van der Waals surface area contributed by atoms with Crippen LogP contribution in [0.2, 0.25) is 0 Å². The minimum atomic E-state index is -3.74. The van der Waals surface area contributed by atoms with Gasteiger partial charge in [-0.05, 0) is 37.3 Å². The van der Waals surface area contributed by atoms with E-state index >= 15 is 0 Å². The molecule has 2 aromatic rings. The number of carbonyl (C=O) groups is 1. The quantitative estimate of drug-likeness (QED) is 0.735. The lowest BCUT2D eigenvalue weighted by atomic mass is 10.0. The summed E-state index contributed by atoms with van der Waals surface area (Å²) in [6.07, 6.45) is 0. The van der Waals surface area contributed by atoms with Crippen LogP contribution in [-0.2, 0) is 10.0 Å². The van der Waals surface area contributed by atoms with Gasteiger partial charge in [0.15, 0.2) is 0 Å². The number of sulfonamides is 1. The van der Waals surface area contributed by atoms with Crippen molar-refractivity contribution in [2.45, 2.75) is 11.8 Å². The monoisotopic (exact) mass is 409 g/mol. The molecular weight excluding hydrogens is 386 g/mol. The average molecular weight is 410 g/mol. The lowest BCUT2D eigenvalue weighted by Gasteiger charge is -2.27. The minimum Gasteiger partial charge on any atom is -0.352 e. The van der Waals surface area contributed by atoms with Crippen molar-refractivity contribution < 1.29 is 13.2 Å². The molecule has 0 spiro atoms. The molecule has 0 aromatic heterocycles. The Kier molecular flexibility index (Phi) is 7.24. The van der Waals surface area contributed by atoms with Crippen molar-refractivity contribution in [3.05, 3.63) is 60.2 Å². The molecule has 3 rings (SSSR count). The van der Waals surface area contributed by atoms with Crippen LogP contribution in [-0.4, -0.2) is 40.5 Å². The first kappa shape index (κ1) is 21.2. The molecule has 0 aliphatic carbocycles. The summed E-state index contributed by atoms with van der Waals surface area (Å²) in [5, 5.41) is 6.02. The highest BCUT2D eigenvalue weighted by Gasteiger charge is 2.24. The molecule has 0 unspecified atom stereocenters. The van der Waals surface area contributed by atoms with Gasteiger partial charge >= 0.3 is 0 Å². The Morgan fingerprint density at radius 2 is 1.85 bits per heavy atom. The lowest BCUT2D eigenvalue weighted by molar-refractivity contribution is 0.0942. The van der Waals surface area contributed by atoms with Gasteiger partial charge in [-0.15, -0.1) is 12.4 Å². The van der Waals surface area contributed by atoms with Gasteiger partial charge in [-0.1, -0.05) is 24.3 Å². The summed E-state index contributed by atoms with van der Waals surface area (Å²) in [4.78, 5) is 12.4. The lowest BCUT2D eigenvalue weighted by Crippen LogP contribution is -2.48. The molecule has 1 amide bonds. The molecule has 0 atom stereocenters. The van der Waals surface area contributed by atoms with Crippen molar-refractivity contribution in [1.82, 2.24) is 10.6 Å². The van der Waals surface area contributed by atoms with Crippen molar-refractivity contribution in [1.29, 1.82) is 0 Å². The first-order chi connectivity index (χ1) is 12.5. The standard InChI is InChI=1S/C19H23N3O3S.ClH/c1-2-22(17-8-4-3-5-9-17)26(24,25)18-10-6-7-16(11-18)19(23)21-14-15-12-20-13-15;/h3-11,15,20H,2,12-14H2,1H3,(H,21,23);1H. The topological polar surface area (TPSA) is 78.5 Å². The Bertz CT molecular complexity index is 871. The summed E-state index contributed by atoms with van der Waals surface area (Å²) < 4.78 is 27.4. The van der Waals surface area contributed by atoms with Crippen molar-refractivity contribution in [3.8, 4) is 0 Å². The number of rotatable bonds is 7. The number of para-hydroxylation sites is 1. The molecule has 27 heavy (non-hydrogen) atoms. The van der Waals surface area contributed by atoms with E-state index in [4.69, 9.17) is 0 Å².